The molecular formula is C17H18N4O5. The van der Waals surface area contributed by atoms with E-state index in [9.17, 15) is 20.0 Å². The Labute approximate surface area is 149 Å². The van der Waals surface area contributed by atoms with Gasteiger partial charge in [0, 0.05) is 17.3 Å². The number of anilines is 1. The monoisotopic (exact) mass is 358 g/mol. The smallest absolute Gasteiger partial charge is 0.315 e. The molecular weight excluding hydrogens is 340 g/mol. The van der Waals surface area contributed by atoms with Crippen LogP contribution in [0.2, 0.25) is 0 Å². The summed E-state index contributed by atoms with van der Waals surface area (Å²) in [5.41, 5.74) is 9.08. The standard InChI is InChI=1S/C17H18N4O5/c1-2-26-15-8-12(7-14(17(15)23)21(24)25)10-19-20-16(22)9-11-3-5-13(18)6-4-11/h3-8,10,23H,2,9,18H2,1H3,(H,20,22)/b19-10-. The molecule has 0 unspecified atom stereocenters. The summed E-state index contributed by atoms with van der Waals surface area (Å²) in [5.74, 6) is -0.943. The molecule has 0 saturated heterocycles. The molecule has 0 fully saturated rings. The van der Waals surface area contributed by atoms with Gasteiger partial charge in [0.1, 0.15) is 0 Å². The number of benzene rings is 2. The Bertz CT molecular complexity index is 834. The molecule has 0 aliphatic heterocycles. The quantitative estimate of drug-likeness (QED) is 0.299. The maximum absolute atomic E-state index is 11.9. The lowest BCUT2D eigenvalue weighted by Gasteiger charge is -2.07. The Morgan fingerprint density at radius 1 is 1.38 bits per heavy atom. The molecule has 9 heteroatoms. The van der Waals surface area contributed by atoms with E-state index in [0.717, 1.165) is 11.6 Å². The van der Waals surface area contributed by atoms with Crippen LogP contribution in [0.15, 0.2) is 41.5 Å². The van der Waals surface area contributed by atoms with E-state index in [2.05, 4.69) is 10.5 Å². The number of carbonyl (C=O) groups excluding carboxylic acids is 1. The summed E-state index contributed by atoms with van der Waals surface area (Å²) in [7, 11) is 0. The maximum atomic E-state index is 11.9. The van der Waals surface area contributed by atoms with Gasteiger partial charge in [0.05, 0.1) is 24.2 Å². The number of hydrazone groups is 1. The first-order chi connectivity index (χ1) is 12.4. The highest BCUT2D eigenvalue weighted by Gasteiger charge is 2.19. The normalized spacial score (nSPS) is 10.7. The highest BCUT2D eigenvalue weighted by Crippen LogP contribution is 2.36. The molecule has 0 bridgehead atoms. The fourth-order valence-electron chi connectivity index (χ4n) is 2.13. The van der Waals surface area contributed by atoms with Crippen molar-refractivity contribution >= 4 is 23.5 Å². The van der Waals surface area contributed by atoms with Gasteiger partial charge in [0.25, 0.3) is 0 Å². The highest BCUT2D eigenvalue weighted by atomic mass is 16.6. The molecule has 2 aromatic rings. The van der Waals surface area contributed by atoms with Crippen LogP contribution in [0.1, 0.15) is 18.1 Å². The minimum Gasteiger partial charge on any atom is -0.500 e. The van der Waals surface area contributed by atoms with Crippen LogP contribution < -0.4 is 15.9 Å². The van der Waals surface area contributed by atoms with Crippen LogP contribution in [0.25, 0.3) is 0 Å². The number of nitrogens with two attached hydrogens (primary N) is 1. The van der Waals surface area contributed by atoms with Crippen LogP contribution in [0, 0.1) is 10.1 Å². The lowest BCUT2D eigenvalue weighted by molar-refractivity contribution is -0.386. The fraction of sp³-hybridized carbons (Fsp3) is 0.176. The second-order valence-corrected chi connectivity index (χ2v) is 5.29. The summed E-state index contributed by atoms with van der Waals surface area (Å²) in [6.45, 7) is 1.91. The molecule has 0 radical (unpaired) electrons. The van der Waals surface area contributed by atoms with Crippen molar-refractivity contribution in [2.45, 2.75) is 13.3 Å². The minimum absolute atomic E-state index is 0.0312. The molecule has 0 aliphatic carbocycles. The van der Waals surface area contributed by atoms with Gasteiger partial charge in [-0.2, -0.15) is 5.10 Å². The fourth-order valence-corrected chi connectivity index (χ4v) is 2.13. The van der Waals surface area contributed by atoms with E-state index >= 15 is 0 Å². The predicted molar refractivity (Wildman–Crippen MR) is 96.2 cm³/mol. The van der Waals surface area contributed by atoms with Crippen molar-refractivity contribution in [2.75, 3.05) is 12.3 Å². The SMILES string of the molecule is CCOc1cc(/C=N\NC(=O)Cc2ccc(N)cc2)cc([N+](=O)[O-])c1O. The molecule has 9 nitrogen and oxygen atoms in total. The average molecular weight is 358 g/mol. The van der Waals surface area contributed by atoms with Crippen LogP contribution >= 0.6 is 0 Å². The topological polar surface area (TPSA) is 140 Å². The van der Waals surface area contributed by atoms with Gasteiger partial charge in [0.15, 0.2) is 5.75 Å². The number of rotatable bonds is 7. The number of hydrogen-bond acceptors (Lipinski definition) is 7. The number of phenolic OH excluding ortho intramolecular Hbond substituents is 1. The summed E-state index contributed by atoms with van der Waals surface area (Å²) in [6.07, 6.45) is 1.34. The van der Waals surface area contributed by atoms with Gasteiger partial charge in [-0.3, -0.25) is 14.9 Å². The van der Waals surface area contributed by atoms with Gasteiger partial charge >= 0.3 is 5.69 Å². The van der Waals surface area contributed by atoms with E-state index in [1.807, 2.05) is 0 Å². The molecule has 0 aliphatic rings. The Hall–Kier alpha value is -3.62. The number of phenols is 1. The van der Waals surface area contributed by atoms with Gasteiger partial charge < -0.3 is 15.6 Å². The molecule has 0 aromatic heterocycles. The van der Waals surface area contributed by atoms with Gasteiger partial charge in [-0.05, 0) is 30.7 Å². The lowest BCUT2D eigenvalue weighted by atomic mass is 10.1. The van der Waals surface area contributed by atoms with Crippen molar-refractivity contribution in [3.63, 3.8) is 0 Å². The second kappa shape index (κ2) is 8.47. The molecule has 2 rings (SSSR count). The van der Waals surface area contributed by atoms with E-state index in [1.165, 1.54) is 12.3 Å². The molecule has 2 aromatic carbocycles. The van der Waals surface area contributed by atoms with E-state index in [0.29, 0.717) is 11.3 Å². The van der Waals surface area contributed by atoms with Crippen molar-refractivity contribution < 1.29 is 19.6 Å². The molecule has 136 valence electrons. The Balaban J connectivity index is 2.08. The van der Waals surface area contributed by atoms with Gasteiger partial charge in [-0.15, -0.1) is 0 Å². The molecule has 26 heavy (non-hydrogen) atoms. The number of nitrogens with zero attached hydrogens (tertiary/aromatic N) is 2. The van der Waals surface area contributed by atoms with E-state index in [1.54, 1.807) is 31.2 Å². The van der Waals surface area contributed by atoms with Crippen molar-refractivity contribution in [2.24, 2.45) is 5.10 Å². The Morgan fingerprint density at radius 3 is 2.69 bits per heavy atom. The third kappa shape index (κ3) is 4.94. The van der Waals surface area contributed by atoms with Crippen molar-refractivity contribution in [3.8, 4) is 11.5 Å². The first-order valence-corrected chi connectivity index (χ1v) is 7.71. The zero-order chi connectivity index (χ0) is 19.1. The lowest BCUT2D eigenvalue weighted by Crippen LogP contribution is -2.19. The molecule has 0 spiro atoms. The first-order valence-electron chi connectivity index (χ1n) is 7.71. The number of nitro groups is 1. The van der Waals surface area contributed by atoms with Gasteiger partial charge in [-0.1, -0.05) is 12.1 Å². The van der Waals surface area contributed by atoms with Crippen molar-refractivity contribution in [1.82, 2.24) is 5.43 Å². The first kappa shape index (κ1) is 18.7. The molecule has 1 amide bonds. The number of nitro benzene ring substituents is 1. The molecule has 0 heterocycles. The molecule has 0 saturated carbocycles. The number of hydrogen-bond donors (Lipinski definition) is 3. The van der Waals surface area contributed by atoms with Crippen LogP contribution in [0.3, 0.4) is 0 Å². The third-order valence-corrected chi connectivity index (χ3v) is 3.32. The number of amides is 1. The number of nitrogen functional groups attached to an aromatic ring is 1. The molecule has 0 atom stereocenters. The van der Waals surface area contributed by atoms with E-state index in [4.69, 9.17) is 10.5 Å². The summed E-state index contributed by atoms with van der Waals surface area (Å²) in [4.78, 5) is 22.1. The van der Waals surface area contributed by atoms with Gasteiger partial charge in [0.2, 0.25) is 11.7 Å². The third-order valence-electron chi connectivity index (χ3n) is 3.32. The number of nitrogens with one attached hydrogen (secondary N) is 1. The van der Waals surface area contributed by atoms with Crippen LogP contribution in [-0.4, -0.2) is 28.8 Å². The largest absolute Gasteiger partial charge is 0.500 e. The minimum atomic E-state index is -0.727. The average Bonchev–Trinajstić information content (AvgIpc) is 2.59. The summed E-state index contributed by atoms with van der Waals surface area (Å²) >= 11 is 0. The Morgan fingerprint density at radius 2 is 2.08 bits per heavy atom. The van der Waals surface area contributed by atoms with Crippen LogP contribution in [-0.2, 0) is 11.2 Å². The zero-order valence-corrected chi connectivity index (χ0v) is 14.0. The van der Waals surface area contributed by atoms with Crippen molar-refractivity contribution in [1.29, 1.82) is 0 Å². The Kier molecular flexibility index (Phi) is 6.10. The van der Waals surface area contributed by atoms with E-state index < -0.39 is 16.4 Å². The maximum Gasteiger partial charge on any atom is 0.315 e. The second-order valence-electron chi connectivity index (χ2n) is 5.29. The van der Waals surface area contributed by atoms with E-state index in [-0.39, 0.29) is 24.7 Å². The summed E-state index contributed by atoms with van der Waals surface area (Å²) < 4.78 is 5.17. The number of aromatic hydroxyl groups is 1. The van der Waals surface area contributed by atoms with Crippen molar-refractivity contribution in [3.05, 3.63) is 57.6 Å². The van der Waals surface area contributed by atoms with Crippen LogP contribution in [0.5, 0.6) is 11.5 Å². The highest BCUT2D eigenvalue weighted by molar-refractivity contribution is 5.85. The molecule has 4 N–H and O–H groups in total. The number of ether oxygens (including phenoxy) is 1. The summed E-state index contributed by atoms with van der Waals surface area (Å²) in [6, 6.07) is 9.37. The summed E-state index contributed by atoms with van der Waals surface area (Å²) in [5, 5.41) is 24.6. The number of carbonyl (C=O) groups is 1. The zero-order valence-electron chi connectivity index (χ0n) is 14.0. The van der Waals surface area contributed by atoms with Gasteiger partial charge in [-0.25, -0.2) is 5.43 Å². The van der Waals surface area contributed by atoms with Crippen LogP contribution in [0.4, 0.5) is 11.4 Å². The predicted octanol–water partition coefficient (Wildman–Crippen LogP) is 1.97.